The van der Waals surface area contributed by atoms with Crippen molar-refractivity contribution in [1.29, 1.82) is 0 Å². The molecule has 2 saturated heterocycles. The van der Waals surface area contributed by atoms with Crippen molar-refractivity contribution in [2.24, 2.45) is 5.92 Å². The third-order valence-corrected chi connectivity index (χ3v) is 6.65. The molecule has 32 heavy (non-hydrogen) atoms. The first-order valence-electron chi connectivity index (χ1n) is 11.2. The minimum Gasteiger partial charge on any atom is -0.497 e. The first kappa shape index (κ1) is 22.6. The zero-order valence-corrected chi connectivity index (χ0v) is 18.3. The summed E-state index contributed by atoms with van der Waals surface area (Å²) in [4.78, 5) is 17.4. The number of piperidine rings is 1. The van der Waals surface area contributed by atoms with E-state index in [1.807, 2.05) is 0 Å². The minimum absolute atomic E-state index is 0.0919. The number of halogens is 3. The lowest BCUT2D eigenvalue weighted by Gasteiger charge is -2.31. The molecule has 0 aromatic heterocycles. The normalized spacial score (nSPS) is 22.2. The van der Waals surface area contributed by atoms with Crippen molar-refractivity contribution < 1.29 is 22.7 Å². The number of rotatable bonds is 5. The Balaban J connectivity index is 1.58. The van der Waals surface area contributed by atoms with Gasteiger partial charge in [-0.25, -0.2) is 0 Å². The predicted octanol–water partition coefficient (Wildman–Crippen LogP) is 5.06. The quantitative estimate of drug-likeness (QED) is 0.644. The van der Waals surface area contributed by atoms with Crippen LogP contribution in [-0.4, -0.2) is 55.5 Å². The fourth-order valence-electron chi connectivity index (χ4n) is 4.94. The summed E-state index contributed by atoms with van der Waals surface area (Å²) in [5.41, 5.74) is 0.589. The van der Waals surface area contributed by atoms with Crippen molar-refractivity contribution >= 4 is 5.91 Å². The number of nitrogens with zero attached hydrogens (tertiary/aromatic N) is 2. The van der Waals surface area contributed by atoms with Crippen LogP contribution in [0.2, 0.25) is 0 Å². The topological polar surface area (TPSA) is 32.8 Å². The number of ether oxygens (including phenoxy) is 1. The number of amides is 1. The second kappa shape index (κ2) is 9.53. The summed E-state index contributed by atoms with van der Waals surface area (Å²) < 4.78 is 45.2. The molecule has 0 spiro atoms. The molecule has 7 heteroatoms. The highest BCUT2D eigenvalue weighted by Gasteiger charge is 2.39. The van der Waals surface area contributed by atoms with Crippen LogP contribution in [0.25, 0.3) is 0 Å². The Morgan fingerprint density at radius 2 is 1.75 bits per heavy atom. The van der Waals surface area contributed by atoms with E-state index in [9.17, 15) is 18.0 Å². The number of hydrogen-bond donors (Lipinski definition) is 0. The predicted molar refractivity (Wildman–Crippen MR) is 117 cm³/mol. The number of carbonyl (C=O) groups is 1. The van der Waals surface area contributed by atoms with Crippen molar-refractivity contribution in [2.45, 2.75) is 31.4 Å². The third-order valence-electron chi connectivity index (χ3n) is 6.65. The van der Waals surface area contributed by atoms with Gasteiger partial charge in [0.1, 0.15) is 5.75 Å². The fraction of sp³-hybridized carbons (Fsp3) is 0.480. The molecule has 2 aliphatic heterocycles. The Hall–Kier alpha value is -2.54. The maximum absolute atomic E-state index is 13.3. The number of alkyl halides is 3. The highest BCUT2D eigenvalue weighted by Crippen LogP contribution is 2.37. The van der Waals surface area contributed by atoms with Gasteiger partial charge in [-0.05, 0) is 67.7 Å². The smallest absolute Gasteiger partial charge is 0.416 e. The first-order valence-corrected chi connectivity index (χ1v) is 11.2. The summed E-state index contributed by atoms with van der Waals surface area (Å²) in [5, 5.41) is 0. The van der Waals surface area contributed by atoms with Gasteiger partial charge >= 0.3 is 6.18 Å². The molecule has 1 amide bonds. The highest BCUT2D eigenvalue weighted by atomic mass is 19.4. The summed E-state index contributed by atoms with van der Waals surface area (Å²) in [7, 11) is 1.57. The largest absolute Gasteiger partial charge is 0.497 e. The molecule has 0 radical (unpaired) electrons. The lowest BCUT2D eigenvalue weighted by atomic mass is 9.87. The summed E-state index contributed by atoms with van der Waals surface area (Å²) in [6.07, 6.45) is -0.860. The molecule has 0 bridgehead atoms. The number of likely N-dealkylation sites (tertiary alicyclic amines) is 2. The molecule has 4 nitrogen and oxygen atoms in total. The van der Waals surface area contributed by atoms with E-state index < -0.39 is 11.7 Å². The van der Waals surface area contributed by atoms with E-state index in [0.717, 1.165) is 38.5 Å². The average Bonchev–Trinajstić information content (AvgIpc) is 3.22. The lowest BCUT2D eigenvalue weighted by Crippen LogP contribution is -2.36. The fourth-order valence-corrected chi connectivity index (χ4v) is 4.94. The van der Waals surface area contributed by atoms with Gasteiger partial charge in [-0.3, -0.25) is 4.79 Å². The van der Waals surface area contributed by atoms with Crippen molar-refractivity contribution in [3.8, 4) is 5.75 Å². The molecule has 2 atom stereocenters. The third kappa shape index (κ3) is 5.09. The molecule has 4 rings (SSSR count). The molecule has 0 saturated carbocycles. The van der Waals surface area contributed by atoms with Crippen LogP contribution >= 0.6 is 0 Å². The Labute approximate surface area is 187 Å². The van der Waals surface area contributed by atoms with Crippen LogP contribution in [0.3, 0.4) is 0 Å². The monoisotopic (exact) mass is 446 g/mol. The second-order valence-electron chi connectivity index (χ2n) is 8.79. The van der Waals surface area contributed by atoms with E-state index in [1.165, 1.54) is 18.6 Å². The van der Waals surface area contributed by atoms with Crippen molar-refractivity contribution in [2.75, 3.05) is 39.8 Å². The van der Waals surface area contributed by atoms with Crippen LogP contribution in [0, 0.1) is 5.92 Å². The van der Waals surface area contributed by atoms with Crippen LogP contribution in [0.1, 0.15) is 46.7 Å². The molecular formula is C25H29F3N2O2. The van der Waals surface area contributed by atoms with Gasteiger partial charge in [0, 0.05) is 31.1 Å². The molecule has 172 valence electrons. The number of methoxy groups -OCH3 is 1. The molecule has 0 N–H and O–H groups in total. The van der Waals surface area contributed by atoms with Gasteiger partial charge in [0.15, 0.2) is 0 Å². The average molecular weight is 447 g/mol. The number of carbonyl (C=O) groups excluding carboxylic acids is 1. The van der Waals surface area contributed by atoms with E-state index in [-0.39, 0.29) is 17.7 Å². The first-order chi connectivity index (χ1) is 15.3. The maximum Gasteiger partial charge on any atom is 0.416 e. The molecule has 0 aliphatic carbocycles. The zero-order valence-electron chi connectivity index (χ0n) is 18.3. The number of benzene rings is 2. The minimum atomic E-state index is -4.38. The van der Waals surface area contributed by atoms with Crippen LogP contribution in [0.5, 0.6) is 5.75 Å². The van der Waals surface area contributed by atoms with Crippen molar-refractivity contribution in [1.82, 2.24) is 9.80 Å². The Morgan fingerprint density at radius 1 is 1.03 bits per heavy atom. The van der Waals surface area contributed by atoms with Gasteiger partial charge in [-0.15, -0.1) is 0 Å². The van der Waals surface area contributed by atoms with Gasteiger partial charge in [-0.2, -0.15) is 13.2 Å². The van der Waals surface area contributed by atoms with E-state index in [4.69, 9.17) is 4.74 Å². The molecule has 2 aliphatic rings. The van der Waals surface area contributed by atoms with Crippen molar-refractivity contribution in [3.63, 3.8) is 0 Å². The van der Waals surface area contributed by atoms with Gasteiger partial charge < -0.3 is 14.5 Å². The highest BCUT2D eigenvalue weighted by molar-refractivity contribution is 5.94. The van der Waals surface area contributed by atoms with Crippen molar-refractivity contribution in [3.05, 3.63) is 65.2 Å². The Kier molecular flexibility index (Phi) is 6.74. The molecule has 2 heterocycles. The maximum atomic E-state index is 13.3. The zero-order chi connectivity index (χ0) is 22.7. The van der Waals surface area contributed by atoms with Crippen LogP contribution < -0.4 is 4.74 Å². The van der Waals surface area contributed by atoms with Gasteiger partial charge in [0.25, 0.3) is 5.91 Å². The Morgan fingerprint density at radius 3 is 2.41 bits per heavy atom. The summed E-state index contributed by atoms with van der Waals surface area (Å²) in [5.74, 6) is 0.554. The molecular weight excluding hydrogens is 417 g/mol. The number of hydrogen-bond acceptors (Lipinski definition) is 3. The summed E-state index contributed by atoms with van der Waals surface area (Å²) >= 11 is 0. The molecule has 2 aromatic rings. The second-order valence-corrected chi connectivity index (χ2v) is 8.79. The van der Waals surface area contributed by atoms with E-state index in [2.05, 4.69) is 4.90 Å². The SMILES string of the molecule is COc1ccc(C(=O)N2C[C@H](CN3CCCCC3)[C@@H](c3cccc(C(F)(F)F)c3)C2)cc1. The van der Waals surface area contributed by atoms with Crippen LogP contribution in [-0.2, 0) is 6.18 Å². The Bertz CT molecular complexity index is 924. The molecule has 0 unspecified atom stereocenters. The summed E-state index contributed by atoms with van der Waals surface area (Å²) in [6.45, 7) is 3.79. The van der Waals surface area contributed by atoms with E-state index >= 15 is 0 Å². The van der Waals surface area contributed by atoms with E-state index in [1.54, 1.807) is 42.3 Å². The standard InChI is InChI=1S/C25H29F3N2O2/c1-32-22-10-8-18(9-11-22)24(31)30-16-20(15-29-12-3-2-4-13-29)23(17-30)19-6-5-7-21(14-19)25(26,27)28/h5-11,14,20,23H,2-4,12-13,15-17H2,1H3/t20-,23+/m0/s1. The van der Waals surface area contributed by atoms with Crippen LogP contribution in [0.15, 0.2) is 48.5 Å². The van der Waals surface area contributed by atoms with E-state index in [0.29, 0.717) is 30.0 Å². The molecule has 2 fully saturated rings. The molecule has 2 aromatic carbocycles. The lowest BCUT2D eigenvalue weighted by molar-refractivity contribution is -0.137. The summed E-state index contributed by atoms with van der Waals surface area (Å²) in [6, 6.07) is 12.6. The van der Waals surface area contributed by atoms with Gasteiger partial charge in [0.05, 0.1) is 12.7 Å². The van der Waals surface area contributed by atoms with Gasteiger partial charge in [0.2, 0.25) is 0 Å². The van der Waals surface area contributed by atoms with Gasteiger partial charge in [-0.1, -0.05) is 24.6 Å². The van der Waals surface area contributed by atoms with Crippen LogP contribution in [0.4, 0.5) is 13.2 Å².